The van der Waals surface area contributed by atoms with E-state index in [1.165, 1.54) is 44.1 Å². The average Bonchev–Trinajstić information content (AvgIpc) is 2.82. The molecule has 4 atom stereocenters. The van der Waals surface area contributed by atoms with Gasteiger partial charge in [0, 0.05) is 0 Å². The van der Waals surface area contributed by atoms with Crippen LogP contribution >= 0.6 is 0 Å². The van der Waals surface area contributed by atoms with Gasteiger partial charge in [-0.15, -0.1) is 0 Å². The smallest absolute Gasteiger partial charge is 0.119 e. The minimum atomic E-state index is 0.428. The van der Waals surface area contributed by atoms with E-state index >= 15 is 0 Å². The van der Waals surface area contributed by atoms with Crippen molar-refractivity contribution >= 4 is 0 Å². The van der Waals surface area contributed by atoms with Gasteiger partial charge in [-0.1, -0.05) is 25.1 Å². The van der Waals surface area contributed by atoms with E-state index in [0.29, 0.717) is 5.41 Å². The predicted octanol–water partition coefficient (Wildman–Crippen LogP) is 5.11. The maximum Gasteiger partial charge on any atom is 0.119 e. The molecule has 0 bridgehead atoms. The first-order chi connectivity index (χ1) is 10.1. The molecule has 4 rings (SSSR count). The van der Waals surface area contributed by atoms with Gasteiger partial charge in [-0.25, -0.2) is 0 Å². The number of rotatable bonds is 1. The van der Waals surface area contributed by atoms with Crippen molar-refractivity contribution < 1.29 is 4.74 Å². The fraction of sp³-hybridized carbons (Fsp3) is 0.600. The second-order valence-corrected chi connectivity index (χ2v) is 7.58. The molecule has 21 heavy (non-hydrogen) atoms. The molecule has 0 N–H and O–H groups in total. The highest BCUT2D eigenvalue weighted by Gasteiger charge is 2.51. The van der Waals surface area contributed by atoms with Gasteiger partial charge in [-0.2, -0.15) is 0 Å². The Hall–Kier alpha value is -1.24. The first kappa shape index (κ1) is 13.4. The number of methoxy groups -OCH3 is 1. The van der Waals surface area contributed by atoms with Crippen molar-refractivity contribution in [3.63, 3.8) is 0 Å². The maximum absolute atomic E-state index is 5.47. The topological polar surface area (TPSA) is 9.23 Å². The summed E-state index contributed by atoms with van der Waals surface area (Å²) in [6, 6.07) is 6.74. The zero-order chi connectivity index (χ0) is 14.6. The van der Waals surface area contributed by atoms with E-state index in [2.05, 4.69) is 31.7 Å². The molecule has 0 aliphatic heterocycles. The molecule has 2 saturated carbocycles. The minimum absolute atomic E-state index is 0.428. The summed E-state index contributed by atoms with van der Waals surface area (Å²) in [6.07, 6.45) is 7.91. The molecule has 0 saturated heterocycles. The zero-order valence-electron chi connectivity index (χ0n) is 13.3. The normalized spacial score (nSPS) is 37.6. The van der Waals surface area contributed by atoms with Crippen molar-refractivity contribution in [1.29, 1.82) is 0 Å². The summed E-state index contributed by atoms with van der Waals surface area (Å²) in [5, 5.41) is 0. The molecule has 0 amide bonds. The van der Waals surface area contributed by atoms with Crippen LogP contribution in [0.5, 0.6) is 5.75 Å². The van der Waals surface area contributed by atoms with Crippen molar-refractivity contribution in [3.8, 4) is 5.75 Å². The lowest BCUT2D eigenvalue weighted by Crippen LogP contribution is -2.40. The number of aryl methyl sites for hydroxylation is 1. The Morgan fingerprint density at radius 3 is 2.86 bits per heavy atom. The quantitative estimate of drug-likeness (QED) is 0.651. The van der Waals surface area contributed by atoms with Gasteiger partial charge in [-0.3, -0.25) is 0 Å². The SMILES string of the molecule is C=C1CC[C@H]2[C@@H]3CCc4ccc(OC)cc4[C@H]3CC[C@]12C. The number of fused-ring (bicyclic) bond motifs is 5. The molecule has 0 spiro atoms. The van der Waals surface area contributed by atoms with Crippen LogP contribution in [0.25, 0.3) is 0 Å². The van der Waals surface area contributed by atoms with Crippen LogP contribution in [0.15, 0.2) is 30.4 Å². The van der Waals surface area contributed by atoms with E-state index in [9.17, 15) is 0 Å². The lowest BCUT2D eigenvalue weighted by atomic mass is 9.55. The summed E-state index contributed by atoms with van der Waals surface area (Å²) in [5.41, 5.74) is 5.11. The Kier molecular flexibility index (Phi) is 2.96. The highest BCUT2D eigenvalue weighted by atomic mass is 16.5. The largest absolute Gasteiger partial charge is 0.497 e. The summed E-state index contributed by atoms with van der Waals surface area (Å²) in [7, 11) is 1.78. The molecular weight excluding hydrogens is 256 g/mol. The number of ether oxygens (including phenoxy) is 1. The fourth-order valence-corrected chi connectivity index (χ4v) is 5.58. The van der Waals surface area contributed by atoms with Gasteiger partial charge in [0.05, 0.1) is 7.11 Å². The third kappa shape index (κ3) is 1.82. The Balaban J connectivity index is 1.72. The Morgan fingerprint density at radius 1 is 1.19 bits per heavy atom. The molecule has 1 aromatic carbocycles. The van der Waals surface area contributed by atoms with Crippen LogP contribution in [0, 0.1) is 17.3 Å². The predicted molar refractivity (Wildman–Crippen MR) is 86.8 cm³/mol. The van der Waals surface area contributed by atoms with E-state index in [0.717, 1.165) is 23.5 Å². The average molecular weight is 282 g/mol. The molecule has 3 aliphatic rings. The molecular formula is C20H26O. The Morgan fingerprint density at radius 2 is 2.05 bits per heavy atom. The molecule has 0 heterocycles. The molecule has 1 heteroatoms. The van der Waals surface area contributed by atoms with Crippen molar-refractivity contribution in [3.05, 3.63) is 41.5 Å². The molecule has 1 aromatic rings. The van der Waals surface area contributed by atoms with E-state index in [1.54, 1.807) is 18.2 Å². The van der Waals surface area contributed by atoms with Crippen molar-refractivity contribution in [2.24, 2.45) is 17.3 Å². The summed E-state index contributed by atoms with van der Waals surface area (Å²) in [6.45, 7) is 6.89. The monoisotopic (exact) mass is 282 g/mol. The Bertz CT molecular complexity index is 588. The van der Waals surface area contributed by atoms with Gasteiger partial charge < -0.3 is 4.74 Å². The molecule has 3 aliphatic carbocycles. The third-order valence-electron chi connectivity index (χ3n) is 6.89. The van der Waals surface area contributed by atoms with Gasteiger partial charge in [0.15, 0.2) is 0 Å². The Labute approximate surface area is 128 Å². The number of allylic oxidation sites excluding steroid dienone is 1. The van der Waals surface area contributed by atoms with E-state index in [1.807, 2.05) is 0 Å². The van der Waals surface area contributed by atoms with Crippen LogP contribution in [0.2, 0.25) is 0 Å². The van der Waals surface area contributed by atoms with Gasteiger partial charge >= 0.3 is 0 Å². The van der Waals surface area contributed by atoms with Crippen LogP contribution in [-0.2, 0) is 6.42 Å². The first-order valence-corrected chi connectivity index (χ1v) is 8.48. The number of hydrogen-bond acceptors (Lipinski definition) is 1. The highest BCUT2D eigenvalue weighted by Crippen LogP contribution is 2.62. The van der Waals surface area contributed by atoms with Crippen LogP contribution in [0.3, 0.4) is 0 Å². The molecule has 112 valence electrons. The summed E-state index contributed by atoms with van der Waals surface area (Å²) in [4.78, 5) is 0. The third-order valence-corrected chi connectivity index (χ3v) is 6.89. The summed E-state index contributed by atoms with van der Waals surface area (Å²) >= 11 is 0. The molecule has 0 aromatic heterocycles. The van der Waals surface area contributed by atoms with Crippen LogP contribution < -0.4 is 4.74 Å². The second kappa shape index (κ2) is 4.63. The van der Waals surface area contributed by atoms with E-state index in [4.69, 9.17) is 4.74 Å². The molecule has 2 fully saturated rings. The maximum atomic E-state index is 5.47. The van der Waals surface area contributed by atoms with Gasteiger partial charge in [0.2, 0.25) is 0 Å². The fourth-order valence-electron chi connectivity index (χ4n) is 5.58. The van der Waals surface area contributed by atoms with Crippen molar-refractivity contribution in [2.75, 3.05) is 7.11 Å². The van der Waals surface area contributed by atoms with Crippen molar-refractivity contribution in [1.82, 2.24) is 0 Å². The van der Waals surface area contributed by atoms with Crippen LogP contribution in [0.4, 0.5) is 0 Å². The van der Waals surface area contributed by atoms with Gasteiger partial charge in [0.1, 0.15) is 5.75 Å². The number of hydrogen-bond donors (Lipinski definition) is 0. The summed E-state index contributed by atoms with van der Waals surface area (Å²) in [5.74, 6) is 3.51. The summed E-state index contributed by atoms with van der Waals surface area (Å²) < 4.78 is 5.47. The van der Waals surface area contributed by atoms with E-state index < -0.39 is 0 Å². The van der Waals surface area contributed by atoms with Gasteiger partial charge in [-0.05, 0) is 85.0 Å². The highest BCUT2D eigenvalue weighted by molar-refractivity contribution is 5.41. The molecule has 1 nitrogen and oxygen atoms in total. The standard InChI is InChI=1S/C20H26O/c1-13-4-9-19-17-8-6-14-5-7-15(21-3)12-18(14)16(17)10-11-20(13,19)2/h5,7,12,16-17,19H,1,4,6,8-11H2,2-3H3/t16-,17+,19-,20+/m0/s1. The van der Waals surface area contributed by atoms with Crippen LogP contribution in [-0.4, -0.2) is 7.11 Å². The van der Waals surface area contributed by atoms with Gasteiger partial charge in [0.25, 0.3) is 0 Å². The molecule has 0 radical (unpaired) electrons. The zero-order valence-corrected chi connectivity index (χ0v) is 13.3. The lowest BCUT2D eigenvalue weighted by molar-refractivity contribution is 0.0816. The number of benzene rings is 1. The minimum Gasteiger partial charge on any atom is -0.497 e. The molecule has 0 unspecified atom stereocenters. The van der Waals surface area contributed by atoms with Crippen LogP contribution in [0.1, 0.15) is 56.1 Å². The van der Waals surface area contributed by atoms with E-state index in [-0.39, 0.29) is 0 Å². The second-order valence-electron chi connectivity index (χ2n) is 7.58. The van der Waals surface area contributed by atoms with Crippen molar-refractivity contribution in [2.45, 2.75) is 51.4 Å². The first-order valence-electron chi connectivity index (χ1n) is 8.48. The lowest BCUT2D eigenvalue weighted by Gasteiger charge is -2.49.